The van der Waals surface area contributed by atoms with E-state index in [-0.39, 0.29) is 0 Å². The second kappa shape index (κ2) is 7.17. The van der Waals surface area contributed by atoms with Gasteiger partial charge in [0.25, 0.3) is 0 Å². The molecule has 0 aliphatic carbocycles. The minimum Gasteiger partial charge on any atom is -0.352 e. The number of pyridine rings is 2. The largest absolute Gasteiger partial charge is 0.352 e. The number of benzene rings is 1. The van der Waals surface area contributed by atoms with Gasteiger partial charge in [0.1, 0.15) is 11.2 Å². The maximum atomic E-state index is 4.94. The lowest BCUT2D eigenvalue weighted by Gasteiger charge is -2.33. The standard InChI is InChI=1S/C23H22N8/c1-30-10-12-31(13-11-30)23-21-19(6-9-25-23)26-22(27-21)20-17-14-16(2-3-18(17)28-29-20)15-4-7-24-8-5-15/h2-9,14H,10-13H2,1H3,(H,26,27)(H,28,29). The van der Waals surface area contributed by atoms with Crippen LogP contribution in [0.15, 0.2) is 55.0 Å². The molecule has 31 heavy (non-hydrogen) atoms. The van der Waals surface area contributed by atoms with Gasteiger partial charge in [-0.1, -0.05) is 6.07 Å². The van der Waals surface area contributed by atoms with Crippen LogP contribution in [-0.2, 0) is 0 Å². The molecule has 2 N–H and O–H groups in total. The molecule has 5 heterocycles. The summed E-state index contributed by atoms with van der Waals surface area (Å²) in [6, 6.07) is 12.3. The lowest BCUT2D eigenvalue weighted by atomic mass is 10.0. The average molecular weight is 410 g/mol. The van der Waals surface area contributed by atoms with Crippen LogP contribution in [0.2, 0.25) is 0 Å². The van der Waals surface area contributed by atoms with Gasteiger partial charge < -0.3 is 14.8 Å². The maximum absolute atomic E-state index is 4.94. The summed E-state index contributed by atoms with van der Waals surface area (Å²) in [5.41, 5.74) is 5.89. The van der Waals surface area contributed by atoms with Crippen molar-refractivity contribution in [2.45, 2.75) is 0 Å². The predicted octanol–water partition coefficient (Wildman–Crippen LogP) is 3.32. The molecule has 0 atom stereocenters. The van der Waals surface area contributed by atoms with Gasteiger partial charge in [-0.15, -0.1) is 0 Å². The number of H-pyrrole nitrogens is 2. The predicted molar refractivity (Wildman–Crippen MR) is 122 cm³/mol. The van der Waals surface area contributed by atoms with Crippen molar-refractivity contribution < 1.29 is 0 Å². The molecule has 5 aromatic rings. The number of hydrogen-bond acceptors (Lipinski definition) is 6. The highest BCUT2D eigenvalue weighted by atomic mass is 15.3. The molecule has 8 nitrogen and oxygen atoms in total. The minimum atomic E-state index is 0.747. The van der Waals surface area contributed by atoms with Gasteiger partial charge in [-0.25, -0.2) is 9.97 Å². The molecule has 0 bridgehead atoms. The van der Waals surface area contributed by atoms with Gasteiger partial charge in [-0.2, -0.15) is 5.10 Å². The van der Waals surface area contributed by atoms with E-state index >= 15 is 0 Å². The third kappa shape index (κ3) is 3.12. The monoisotopic (exact) mass is 410 g/mol. The van der Waals surface area contributed by atoms with Gasteiger partial charge in [0.2, 0.25) is 0 Å². The first-order valence-corrected chi connectivity index (χ1v) is 10.4. The number of fused-ring (bicyclic) bond motifs is 2. The number of likely N-dealkylation sites (N-methyl/N-ethyl adjacent to an activating group) is 1. The molecule has 8 heteroatoms. The van der Waals surface area contributed by atoms with Crippen molar-refractivity contribution in [1.29, 1.82) is 0 Å². The fraction of sp³-hybridized carbons (Fsp3) is 0.217. The Morgan fingerprint density at radius 1 is 0.871 bits per heavy atom. The number of piperazine rings is 1. The van der Waals surface area contributed by atoms with Gasteiger partial charge >= 0.3 is 0 Å². The SMILES string of the molecule is CN1CCN(c2nccc3[nH]c(-c4n[nH]c5ccc(-c6ccncc6)cc45)nc23)CC1. The van der Waals surface area contributed by atoms with Crippen LogP contribution in [0.25, 0.3) is 44.6 Å². The van der Waals surface area contributed by atoms with Crippen LogP contribution in [0.5, 0.6) is 0 Å². The summed E-state index contributed by atoms with van der Waals surface area (Å²) in [7, 11) is 2.15. The zero-order valence-electron chi connectivity index (χ0n) is 17.2. The highest BCUT2D eigenvalue weighted by Crippen LogP contribution is 2.32. The van der Waals surface area contributed by atoms with Crippen LogP contribution in [-0.4, -0.2) is 68.3 Å². The topological polar surface area (TPSA) is 89.6 Å². The van der Waals surface area contributed by atoms with Gasteiger partial charge in [-0.3, -0.25) is 10.1 Å². The summed E-state index contributed by atoms with van der Waals surface area (Å²) in [6.07, 6.45) is 5.46. The molecule has 0 saturated carbocycles. The van der Waals surface area contributed by atoms with Gasteiger partial charge in [-0.05, 0) is 48.5 Å². The molecule has 1 aliphatic rings. The van der Waals surface area contributed by atoms with E-state index in [0.717, 1.165) is 76.6 Å². The number of imidazole rings is 1. The number of nitrogens with one attached hydrogen (secondary N) is 2. The van der Waals surface area contributed by atoms with Crippen molar-refractivity contribution in [3.63, 3.8) is 0 Å². The summed E-state index contributed by atoms with van der Waals surface area (Å²) >= 11 is 0. The van der Waals surface area contributed by atoms with E-state index in [0.29, 0.717) is 0 Å². The van der Waals surface area contributed by atoms with E-state index in [9.17, 15) is 0 Å². The quantitative estimate of drug-likeness (QED) is 0.474. The fourth-order valence-electron chi connectivity index (χ4n) is 4.20. The molecular weight excluding hydrogens is 388 g/mol. The van der Waals surface area contributed by atoms with E-state index in [4.69, 9.17) is 4.98 Å². The summed E-state index contributed by atoms with van der Waals surface area (Å²) in [5, 5.41) is 8.74. The van der Waals surface area contributed by atoms with Crippen molar-refractivity contribution in [3.05, 3.63) is 55.0 Å². The van der Waals surface area contributed by atoms with Crippen LogP contribution in [0.4, 0.5) is 5.82 Å². The van der Waals surface area contributed by atoms with Crippen LogP contribution in [0.1, 0.15) is 0 Å². The minimum absolute atomic E-state index is 0.747. The molecule has 1 aliphatic heterocycles. The van der Waals surface area contributed by atoms with Gasteiger partial charge in [0, 0.05) is 50.2 Å². The first kappa shape index (κ1) is 18.0. The van der Waals surface area contributed by atoms with Crippen LogP contribution in [0, 0.1) is 0 Å². The van der Waals surface area contributed by atoms with E-state index in [1.165, 1.54) is 0 Å². The molecule has 0 amide bonds. The molecule has 0 unspecified atom stereocenters. The van der Waals surface area contributed by atoms with Crippen LogP contribution < -0.4 is 4.90 Å². The van der Waals surface area contributed by atoms with Crippen molar-refractivity contribution in [2.75, 3.05) is 38.1 Å². The van der Waals surface area contributed by atoms with Crippen molar-refractivity contribution >= 4 is 27.8 Å². The Hall–Kier alpha value is -3.78. The molecule has 154 valence electrons. The number of nitrogens with zero attached hydrogens (tertiary/aromatic N) is 6. The zero-order valence-corrected chi connectivity index (χ0v) is 17.2. The number of aromatic amines is 2. The lowest BCUT2D eigenvalue weighted by Crippen LogP contribution is -2.44. The van der Waals surface area contributed by atoms with E-state index in [1.807, 2.05) is 36.8 Å². The zero-order chi connectivity index (χ0) is 20.8. The van der Waals surface area contributed by atoms with Crippen molar-refractivity contribution in [2.24, 2.45) is 0 Å². The van der Waals surface area contributed by atoms with Gasteiger partial charge in [0.05, 0.1) is 11.0 Å². The fourth-order valence-corrected chi connectivity index (χ4v) is 4.20. The Bertz CT molecular complexity index is 1360. The molecule has 0 spiro atoms. The number of anilines is 1. The summed E-state index contributed by atoms with van der Waals surface area (Å²) < 4.78 is 0. The molecule has 6 rings (SSSR count). The molecular formula is C23H22N8. The van der Waals surface area contributed by atoms with E-state index in [1.54, 1.807) is 0 Å². The van der Waals surface area contributed by atoms with Crippen molar-refractivity contribution in [1.82, 2.24) is 35.0 Å². The normalized spacial score (nSPS) is 15.2. The summed E-state index contributed by atoms with van der Waals surface area (Å²) in [4.78, 5) is 21.8. The lowest BCUT2D eigenvalue weighted by molar-refractivity contribution is 0.312. The van der Waals surface area contributed by atoms with Crippen molar-refractivity contribution in [3.8, 4) is 22.6 Å². The average Bonchev–Trinajstić information content (AvgIpc) is 3.43. The second-order valence-electron chi connectivity index (χ2n) is 7.97. The molecule has 1 aromatic carbocycles. The molecule has 1 saturated heterocycles. The molecule has 0 radical (unpaired) electrons. The van der Waals surface area contributed by atoms with E-state index in [2.05, 4.69) is 60.2 Å². The third-order valence-corrected chi connectivity index (χ3v) is 5.99. The maximum Gasteiger partial charge on any atom is 0.159 e. The first-order valence-electron chi connectivity index (χ1n) is 10.4. The summed E-state index contributed by atoms with van der Waals surface area (Å²) in [6.45, 7) is 3.95. The third-order valence-electron chi connectivity index (χ3n) is 5.99. The first-order chi connectivity index (χ1) is 15.3. The molecule has 1 fully saturated rings. The van der Waals surface area contributed by atoms with Crippen LogP contribution in [0.3, 0.4) is 0 Å². The van der Waals surface area contributed by atoms with Crippen LogP contribution >= 0.6 is 0 Å². The van der Waals surface area contributed by atoms with E-state index < -0.39 is 0 Å². The Morgan fingerprint density at radius 3 is 2.55 bits per heavy atom. The second-order valence-corrected chi connectivity index (χ2v) is 7.97. The Kier molecular flexibility index (Phi) is 4.17. The Labute approximate surface area is 179 Å². The molecule has 4 aromatic heterocycles. The highest BCUT2D eigenvalue weighted by Gasteiger charge is 2.21. The Morgan fingerprint density at radius 2 is 1.71 bits per heavy atom. The Balaban J connectivity index is 1.44. The van der Waals surface area contributed by atoms with Gasteiger partial charge in [0.15, 0.2) is 11.6 Å². The number of hydrogen-bond donors (Lipinski definition) is 2. The number of aromatic nitrogens is 6. The highest BCUT2D eigenvalue weighted by molar-refractivity contribution is 5.97. The summed E-state index contributed by atoms with van der Waals surface area (Å²) in [5.74, 6) is 1.68. The number of rotatable bonds is 3. The smallest absolute Gasteiger partial charge is 0.159 e.